The molecule has 1 radical (unpaired) electrons. The summed E-state index contributed by atoms with van der Waals surface area (Å²) in [5, 5.41) is 12.0. The second-order valence-corrected chi connectivity index (χ2v) is 6.73. The molecule has 26 heavy (non-hydrogen) atoms. The average molecular weight is 370 g/mol. The van der Waals surface area contributed by atoms with E-state index in [2.05, 4.69) is 12.2 Å². The molecule has 0 saturated carbocycles. The van der Waals surface area contributed by atoms with E-state index in [4.69, 9.17) is 0 Å². The molecule has 0 heterocycles. The zero-order chi connectivity index (χ0) is 18.3. The first-order valence-electron chi connectivity index (χ1n) is 9.69. The Labute approximate surface area is 180 Å². The number of carbonyl (C=O) groups excluding carboxylic acids is 1. The van der Waals surface area contributed by atoms with E-state index in [1.807, 2.05) is 30.3 Å². The molecule has 0 spiro atoms. The van der Waals surface area contributed by atoms with Crippen LogP contribution in [-0.4, -0.2) is 52.6 Å². The van der Waals surface area contributed by atoms with Gasteiger partial charge in [0.05, 0.1) is 0 Å². The Morgan fingerprint density at radius 3 is 2.00 bits per heavy atom. The maximum absolute atomic E-state index is 12.0. The van der Waals surface area contributed by atoms with Gasteiger partial charge in [0.2, 0.25) is 5.91 Å². The number of nitrogens with one attached hydrogen (secondary N) is 1. The van der Waals surface area contributed by atoms with Crippen molar-refractivity contribution in [1.82, 2.24) is 5.32 Å². The molecular weight excluding hydrogens is 337 g/mol. The van der Waals surface area contributed by atoms with Crippen molar-refractivity contribution < 1.29 is 14.7 Å². The Kier molecular flexibility index (Phi) is 15.8. The largest absolute Gasteiger partial charge is 0.480 e. The molecule has 141 valence electrons. The van der Waals surface area contributed by atoms with E-state index in [-0.39, 0.29) is 35.5 Å². The van der Waals surface area contributed by atoms with Gasteiger partial charge in [0.15, 0.2) is 0 Å². The van der Waals surface area contributed by atoms with Gasteiger partial charge in [0.1, 0.15) is 6.04 Å². The number of unbranched alkanes of at least 4 members (excludes halogenated alkanes) is 8. The topological polar surface area (TPSA) is 66.4 Å². The Morgan fingerprint density at radius 2 is 1.46 bits per heavy atom. The molecule has 0 unspecified atom stereocenters. The van der Waals surface area contributed by atoms with Gasteiger partial charge in [0.25, 0.3) is 0 Å². The molecule has 0 aromatic heterocycles. The molecule has 4 nitrogen and oxygen atoms in total. The second-order valence-electron chi connectivity index (χ2n) is 6.73. The van der Waals surface area contributed by atoms with E-state index in [9.17, 15) is 14.7 Å². The summed E-state index contributed by atoms with van der Waals surface area (Å²) in [4.78, 5) is 23.3. The number of hydrogen-bond acceptors (Lipinski definition) is 2. The van der Waals surface area contributed by atoms with Gasteiger partial charge in [-0.2, -0.15) is 0 Å². The zero-order valence-electron chi connectivity index (χ0n) is 16.5. The first-order chi connectivity index (χ1) is 12.1. The summed E-state index contributed by atoms with van der Waals surface area (Å²) in [7, 11) is 0. The second kappa shape index (κ2) is 16.3. The molecule has 0 bridgehead atoms. The van der Waals surface area contributed by atoms with E-state index in [0.717, 1.165) is 24.8 Å². The minimum atomic E-state index is -0.982. The number of aliphatic carboxylic acids is 1. The third-order valence-corrected chi connectivity index (χ3v) is 4.42. The van der Waals surface area contributed by atoms with Gasteiger partial charge in [-0.25, -0.2) is 4.79 Å². The molecule has 0 aliphatic rings. The van der Waals surface area contributed by atoms with Crippen LogP contribution in [0.5, 0.6) is 0 Å². The summed E-state index contributed by atoms with van der Waals surface area (Å²) in [6.07, 6.45) is 11.5. The number of carboxylic acid groups (broad SMARTS) is 1. The van der Waals surface area contributed by atoms with Crippen LogP contribution in [0, 0.1) is 0 Å². The maximum atomic E-state index is 12.0. The van der Waals surface area contributed by atoms with Crippen molar-refractivity contribution in [3.8, 4) is 0 Å². The van der Waals surface area contributed by atoms with Crippen LogP contribution in [0.3, 0.4) is 0 Å². The Hall–Kier alpha value is -0.840. The maximum Gasteiger partial charge on any atom is 0.326 e. The summed E-state index contributed by atoms with van der Waals surface area (Å²) in [5.41, 5.74) is 0.915. The Bertz CT molecular complexity index is 493. The molecule has 1 amide bonds. The SMILES string of the molecule is CCCCCCCCCCCC(=O)N[C@@H](Cc1ccccc1)C(=O)O.[Na]. The van der Waals surface area contributed by atoms with E-state index >= 15 is 0 Å². The van der Waals surface area contributed by atoms with Crippen LogP contribution in [0.1, 0.15) is 76.7 Å². The number of benzene rings is 1. The van der Waals surface area contributed by atoms with Crippen LogP contribution in [0.15, 0.2) is 30.3 Å². The van der Waals surface area contributed by atoms with E-state index in [1.54, 1.807) is 0 Å². The standard InChI is InChI=1S/C21H33NO3.Na/c1-2-3-4-5-6-7-8-9-13-16-20(23)22-19(21(24)25)17-18-14-11-10-12-15-18;/h10-12,14-15,19H,2-9,13,16-17H2,1H3,(H,22,23)(H,24,25);/t19-;/m0./s1. The summed E-state index contributed by atoms with van der Waals surface area (Å²) in [6, 6.07) is 8.54. The number of rotatable bonds is 14. The van der Waals surface area contributed by atoms with E-state index in [1.165, 1.54) is 38.5 Å². The van der Waals surface area contributed by atoms with Crippen molar-refractivity contribution >= 4 is 41.4 Å². The van der Waals surface area contributed by atoms with Gasteiger partial charge < -0.3 is 10.4 Å². The summed E-state index contributed by atoms with van der Waals surface area (Å²) in [6.45, 7) is 2.22. The van der Waals surface area contributed by atoms with Crippen LogP contribution in [0.25, 0.3) is 0 Å². The zero-order valence-corrected chi connectivity index (χ0v) is 18.5. The van der Waals surface area contributed by atoms with Crippen LogP contribution < -0.4 is 5.32 Å². The predicted octanol–water partition coefficient (Wildman–Crippen LogP) is 4.34. The van der Waals surface area contributed by atoms with Gasteiger partial charge in [0, 0.05) is 42.4 Å². The molecule has 0 fully saturated rings. The minimum absolute atomic E-state index is 0. The van der Waals surface area contributed by atoms with Crippen molar-refractivity contribution in [1.29, 1.82) is 0 Å². The third kappa shape index (κ3) is 12.5. The van der Waals surface area contributed by atoms with Crippen molar-refractivity contribution in [2.45, 2.75) is 83.6 Å². The quantitative estimate of drug-likeness (QED) is 0.378. The number of amides is 1. The fraction of sp³-hybridized carbons (Fsp3) is 0.619. The molecule has 0 aliphatic carbocycles. The normalized spacial score (nSPS) is 11.4. The van der Waals surface area contributed by atoms with Gasteiger partial charge in [-0.3, -0.25) is 4.79 Å². The summed E-state index contributed by atoms with van der Waals surface area (Å²) < 4.78 is 0. The predicted molar refractivity (Wildman–Crippen MR) is 107 cm³/mol. The van der Waals surface area contributed by atoms with Crippen LogP contribution >= 0.6 is 0 Å². The molecule has 1 aromatic carbocycles. The molecule has 0 saturated heterocycles. The molecule has 1 aromatic rings. The van der Waals surface area contributed by atoms with Crippen molar-refractivity contribution in [2.24, 2.45) is 0 Å². The van der Waals surface area contributed by atoms with Crippen LogP contribution in [0.2, 0.25) is 0 Å². The van der Waals surface area contributed by atoms with Crippen molar-refractivity contribution in [3.63, 3.8) is 0 Å². The smallest absolute Gasteiger partial charge is 0.326 e. The van der Waals surface area contributed by atoms with Crippen molar-refractivity contribution in [3.05, 3.63) is 35.9 Å². The Balaban J connectivity index is 0.00000625. The first kappa shape index (κ1) is 25.2. The third-order valence-electron chi connectivity index (χ3n) is 4.42. The summed E-state index contributed by atoms with van der Waals surface area (Å²) in [5.74, 6) is -1.14. The fourth-order valence-corrected chi connectivity index (χ4v) is 2.91. The number of hydrogen-bond donors (Lipinski definition) is 2. The van der Waals surface area contributed by atoms with Gasteiger partial charge in [-0.05, 0) is 12.0 Å². The number of carboxylic acids is 1. The monoisotopic (exact) mass is 370 g/mol. The molecular formula is C21H33NNaO3. The summed E-state index contributed by atoms with van der Waals surface area (Å²) >= 11 is 0. The molecule has 1 atom stereocenters. The average Bonchev–Trinajstić information content (AvgIpc) is 2.60. The molecule has 5 heteroatoms. The minimum Gasteiger partial charge on any atom is -0.480 e. The van der Waals surface area contributed by atoms with E-state index < -0.39 is 12.0 Å². The van der Waals surface area contributed by atoms with Crippen molar-refractivity contribution in [2.75, 3.05) is 0 Å². The van der Waals surface area contributed by atoms with Gasteiger partial charge >= 0.3 is 5.97 Å². The number of carbonyl (C=O) groups is 2. The van der Waals surface area contributed by atoms with Crippen LogP contribution in [0.4, 0.5) is 0 Å². The first-order valence-corrected chi connectivity index (χ1v) is 9.69. The van der Waals surface area contributed by atoms with Gasteiger partial charge in [-0.1, -0.05) is 88.6 Å². The molecule has 1 rings (SSSR count). The molecule has 2 N–H and O–H groups in total. The Morgan fingerprint density at radius 1 is 0.923 bits per heavy atom. The van der Waals surface area contributed by atoms with Crippen LogP contribution in [-0.2, 0) is 16.0 Å². The van der Waals surface area contributed by atoms with Gasteiger partial charge in [-0.15, -0.1) is 0 Å². The van der Waals surface area contributed by atoms with E-state index in [0.29, 0.717) is 12.8 Å². The fourth-order valence-electron chi connectivity index (χ4n) is 2.91. The molecule has 0 aliphatic heterocycles.